The van der Waals surface area contributed by atoms with Crippen molar-refractivity contribution in [2.24, 2.45) is 23.7 Å². The van der Waals surface area contributed by atoms with Crippen molar-refractivity contribution in [2.45, 2.75) is 197 Å². The Hall–Kier alpha value is -2.60. The number of esters is 1. The lowest BCUT2D eigenvalue weighted by atomic mass is 9.71. The number of carbonyl (C=O) groups is 2. The minimum atomic E-state index is -1.93. The zero-order chi connectivity index (χ0) is 45.5. The first-order valence-electron chi connectivity index (χ1n) is 23.8. The van der Waals surface area contributed by atoms with Gasteiger partial charge in [-0.1, -0.05) is 69.6 Å². The van der Waals surface area contributed by atoms with Crippen LogP contribution in [0, 0.1) is 23.7 Å². The summed E-state index contributed by atoms with van der Waals surface area (Å²) in [6.45, 7) is 11.7. The molecule has 5 fully saturated rings. The zero-order valence-corrected chi connectivity index (χ0v) is 38.9. The molecule has 8 rings (SSSR count). The van der Waals surface area contributed by atoms with Crippen molar-refractivity contribution in [2.75, 3.05) is 20.8 Å². The number of ether oxygens (including phenoxy) is 10. The molecule has 14 nitrogen and oxygen atoms in total. The van der Waals surface area contributed by atoms with Gasteiger partial charge >= 0.3 is 5.97 Å². The first kappa shape index (κ1) is 47.9. The molecule has 356 valence electrons. The molecular weight excluding hydrogens is 825 g/mol. The molecule has 1 spiro atoms. The van der Waals surface area contributed by atoms with E-state index in [0.29, 0.717) is 49.2 Å². The highest BCUT2D eigenvalue weighted by molar-refractivity contribution is 6.03. The van der Waals surface area contributed by atoms with E-state index in [1.165, 1.54) is 25.3 Å². The number of rotatable bonds is 7. The molecule has 0 aromatic carbocycles. The number of hydrogen-bond donors (Lipinski definition) is 2. The lowest BCUT2D eigenvalue weighted by Crippen LogP contribution is -2.57. The van der Waals surface area contributed by atoms with Crippen LogP contribution < -0.4 is 0 Å². The van der Waals surface area contributed by atoms with Gasteiger partial charge in [0.25, 0.3) is 0 Å². The number of Topliss-reactive ketones (excluding diaryl/α,β-unsaturated/α-hetero) is 1. The van der Waals surface area contributed by atoms with Crippen LogP contribution in [0.25, 0.3) is 0 Å². The predicted octanol–water partition coefficient (Wildman–Crippen LogP) is 6.12. The Bertz CT molecular complexity index is 1830. The molecule has 18 atom stereocenters. The number of methoxy groups -OCH3 is 2. The average molecular weight is 897 g/mol. The van der Waals surface area contributed by atoms with Gasteiger partial charge < -0.3 is 57.6 Å². The van der Waals surface area contributed by atoms with Crippen LogP contribution in [-0.2, 0) is 57.0 Å². The average Bonchev–Trinajstić information content (AvgIpc) is 3.62. The monoisotopic (exact) mass is 896 g/mol. The summed E-state index contributed by atoms with van der Waals surface area (Å²) >= 11 is 0. The highest BCUT2D eigenvalue weighted by Gasteiger charge is 2.60. The Morgan fingerprint density at radius 2 is 1.55 bits per heavy atom. The maximum Gasteiger partial charge on any atom is 0.316 e. The molecule has 0 aromatic rings. The van der Waals surface area contributed by atoms with Gasteiger partial charge in [0.05, 0.1) is 49.3 Å². The van der Waals surface area contributed by atoms with Crippen LogP contribution in [0.4, 0.5) is 0 Å². The third-order valence-electron chi connectivity index (χ3n) is 15.2. The van der Waals surface area contributed by atoms with Crippen LogP contribution in [0.3, 0.4) is 0 Å². The van der Waals surface area contributed by atoms with Crippen LogP contribution in [0.1, 0.15) is 106 Å². The molecule has 0 aromatic heterocycles. The number of allylic oxidation sites excluding steroid dienone is 2. The van der Waals surface area contributed by atoms with Crippen molar-refractivity contribution in [1.29, 1.82) is 0 Å². The number of ketones is 1. The molecule has 2 bridgehead atoms. The standard InChI is InChI=1S/C50H72O14/c1-27-13-12-16-34-26-57-47-42(51)30(4)21-37(50(34,47)54)48(53)60-36-22-35(63-49(25-36)20-19-29(3)45(64-49)33-14-10-9-11-15-33)18-17-28(2)44(27)61-41-24-39(56-8)46(32(6)59-41)62-40-23-38(55-7)43(52)31(5)58-40/h12-13,16-17,19-21,27,29,31-33,35-41,43-47,52,54H,9-11,14-15,18,22-26H2,1-8H3/t27-,29-,31-,32-,35+,36-,37-,38-,39-,40-,41-,43-,44-,45-,46-,47+,49+,50+/m0/s1. The number of fused-ring (bicyclic) bond motifs is 2. The molecule has 6 aliphatic heterocycles. The minimum absolute atomic E-state index is 0.0236. The maximum atomic E-state index is 14.4. The number of aliphatic hydroxyl groups excluding tert-OH is 1. The Labute approximate surface area is 378 Å². The first-order chi connectivity index (χ1) is 30.6. The smallest absolute Gasteiger partial charge is 0.316 e. The van der Waals surface area contributed by atoms with E-state index in [1.54, 1.807) is 34.1 Å². The molecule has 8 aliphatic rings. The van der Waals surface area contributed by atoms with Gasteiger partial charge in [-0.25, -0.2) is 0 Å². The summed E-state index contributed by atoms with van der Waals surface area (Å²) in [6, 6.07) is 0. The SMILES string of the molecule is CO[C@H]1C[C@H](O[C@H]2[C@H](C)O[C@@H](O[C@@H]3C(C)=CC[C@@H]4C[C@@H](C[C@]5(C=C[C@H](C)[C@@H](C6CCCCC6)O5)O4)OC(=O)[C@@H]4C=C(C)C(=O)[C@H]5OCC(=CC=C[C@@H]3C)[C@]54O)C[C@@H]2OC)O[C@@H](C)[C@@H]1O. The molecule has 14 heteroatoms. The lowest BCUT2D eigenvalue weighted by molar-refractivity contribution is -0.318. The van der Waals surface area contributed by atoms with Crippen molar-refractivity contribution in [3.63, 3.8) is 0 Å². The zero-order valence-electron chi connectivity index (χ0n) is 38.9. The summed E-state index contributed by atoms with van der Waals surface area (Å²) < 4.78 is 63.9. The molecule has 4 saturated heterocycles. The van der Waals surface area contributed by atoms with Crippen LogP contribution in [0.2, 0.25) is 0 Å². The quantitative estimate of drug-likeness (QED) is 0.222. The largest absolute Gasteiger partial charge is 0.462 e. The number of hydrogen-bond acceptors (Lipinski definition) is 14. The van der Waals surface area contributed by atoms with Crippen LogP contribution in [0.5, 0.6) is 0 Å². The summed E-state index contributed by atoms with van der Waals surface area (Å²) in [5.41, 5.74) is -0.200. The van der Waals surface area contributed by atoms with Gasteiger partial charge in [0, 0.05) is 51.7 Å². The molecule has 0 amide bonds. The number of aliphatic hydroxyl groups is 2. The molecule has 0 unspecified atom stereocenters. The van der Waals surface area contributed by atoms with E-state index in [4.69, 9.17) is 47.4 Å². The van der Waals surface area contributed by atoms with Gasteiger partial charge in [0.1, 0.15) is 29.8 Å². The highest BCUT2D eigenvalue weighted by atomic mass is 16.7. The second-order valence-corrected chi connectivity index (χ2v) is 19.8. The van der Waals surface area contributed by atoms with E-state index in [9.17, 15) is 19.8 Å². The van der Waals surface area contributed by atoms with E-state index in [1.807, 2.05) is 32.1 Å². The molecule has 1 saturated carbocycles. The van der Waals surface area contributed by atoms with E-state index in [-0.39, 0.29) is 42.5 Å². The van der Waals surface area contributed by atoms with Crippen molar-refractivity contribution in [3.8, 4) is 0 Å². The van der Waals surface area contributed by atoms with E-state index in [0.717, 1.165) is 18.4 Å². The predicted molar refractivity (Wildman–Crippen MR) is 233 cm³/mol. The van der Waals surface area contributed by atoms with Crippen LogP contribution in [-0.4, -0.2) is 134 Å². The molecular formula is C50H72O14. The summed E-state index contributed by atoms with van der Waals surface area (Å²) in [5.74, 6) is -2.83. The number of carbonyl (C=O) groups excluding carboxylic acids is 2. The second kappa shape index (κ2) is 19.9. The molecule has 64 heavy (non-hydrogen) atoms. The lowest BCUT2D eigenvalue weighted by Gasteiger charge is -2.49. The second-order valence-electron chi connectivity index (χ2n) is 19.8. The van der Waals surface area contributed by atoms with Gasteiger partial charge in [-0.05, 0) is 75.7 Å². The summed E-state index contributed by atoms with van der Waals surface area (Å²) in [7, 11) is 3.22. The highest BCUT2D eigenvalue weighted by Crippen LogP contribution is 2.47. The normalized spacial score (nSPS) is 45.9. The van der Waals surface area contributed by atoms with Gasteiger partial charge in [-0.2, -0.15) is 0 Å². The van der Waals surface area contributed by atoms with E-state index < -0.39 is 84.7 Å². The Balaban J connectivity index is 1.08. The topological polar surface area (TPSA) is 167 Å². The Morgan fingerprint density at radius 3 is 2.30 bits per heavy atom. The Morgan fingerprint density at radius 1 is 0.828 bits per heavy atom. The third kappa shape index (κ3) is 9.72. The summed E-state index contributed by atoms with van der Waals surface area (Å²) in [4.78, 5) is 27.9. The van der Waals surface area contributed by atoms with Gasteiger partial charge in [-0.15, -0.1) is 0 Å². The Kier molecular flexibility index (Phi) is 14.9. The van der Waals surface area contributed by atoms with Crippen LogP contribution >= 0.6 is 0 Å². The summed E-state index contributed by atoms with van der Waals surface area (Å²) in [5, 5.41) is 23.0. The maximum absolute atomic E-state index is 14.4. The fourth-order valence-electron chi connectivity index (χ4n) is 11.5. The van der Waals surface area contributed by atoms with Crippen molar-refractivity contribution < 1.29 is 67.2 Å². The van der Waals surface area contributed by atoms with Crippen molar-refractivity contribution in [1.82, 2.24) is 0 Å². The molecule has 0 radical (unpaired) electrons. The third-order valence-corrected chi connectivity index (χ3v) is 15.2. The fraction of sp³-hybridized carbons (Fsp3) is 0.760. The first-order valence-corrected chi connectivity index (χ1v) is 23.8. The molecule has 2 aliphatic carbocycles. The van der Waals surface area contributed by atoms with Crippen LogP contribution in [0.15, 0.2) is 59.3 Å². The van der Waals surface area contributed by atoms with Gasteiger partial charge in [0.15, 0.2) is 30.3 Å². The summed E-state index contributed by atoms with van der Waals surface area (Å²) in [6.07, 6.45) is 14.3. The molecule has 2 N–H and O–H groups in total. The molecule has 6 heterocycles. The van der Waals surface area contributed by atoms with Crippen molar-refractivity contribution in [3.05, 3.63) is 59.3 Å². The van der Waals surface area contributed by atoms with E-state index >= 15 is 0 Å². The van der Waals surface area contributed by atoms with E-state index in [2.05, 4.69) is 26.0 Å². The van der Waals surface area contributed by atoms with Gasteiger partial charge in [-0.3, -0.25) is 9.59 Å². The van der Waals surface area contributed by atoms with Crippen molar-refractivity contribution >= 4 is 11.8 Å². The minimum Gasteiger partial charge on any atom is -0.462 e. The fourth-order valence-corrected chi connectivity index (χ4v) is 11.5. The van der Waals surface area contributed by atoms with Gasteiger partial charge in [0.2, 0.25) is 0 Å².